The van der Waals surface area contributed by atoms with Crippen molar-refractivity contribution in [3.8, 4) is 0 Å². The van der Waals surface area contributed by atoms with Crippen LogP contribution in [0.25, 0.3) is 0 Å². The molecule has 0 saturated carbocycles. The molecule has 1 fully saturated rings. The molecule has 8 heteroatoms. The average Bonchev–Trinajstić information content (AvgIpc) is 3.07. The number of aryl methyl sites for hydroxylation is 2. The quantitative estimate of drug-likeness (QED) is 0.431. The minimum atomic E-state index is -1.86. The predicted molar refractivity (Wildman–Crippen MR) is 113 cm³/mol. The van der Waals surface area contributed by atoms with Gasteiger partial charge in [-0.15, -0.1) is 0 Å². The minimum absolute atomic E-state index is 0.0827. The summed E-state index contributed by atoms with van der Waals surface area (Å²) in [5.41, 5.74) is 2.65. The van der Waals surface area contributed by atoms with Crippen LogP contribution in [0.3, 0.4) is 0 Å². The third kappa shape index (κ3) is 6.12. The zero-order chi connectivity index (χ0) is 23.1. The Morgan fingerprint density at radius 3 is 2.00 bits per heavy atom. The number of hydrogen-bond donors (Lipinski definition) is 0. The molecule has 1 unspecified atom stereocenters. The van der Waals surface area contributed by atoms with Crippen LogP contribution >= 0.6 is 0 Å². The lowest BCUT2D eigenvalue weighted by Crippen LogP contribution is -2.40. The van der Waals surface area contributed by atoms with Crippen LogP contribution in [0, 0.1) is 13.8 Å². The van der Waals surface area contributed by atoms with Crippen molar-refractivity contribution in [3.05, 3.63) is 70.8 Å². The van der Waals surface area contributed by atoms with E-state index in [0.717, 1.165) is 11.1 Å². The fraction of sp³-hybridized carbons (Fsp3) is 0.417. The maximum absolute atomic E-state index is 14.6. The minimum Gasteiger partial charge on any atom is -0.459 e. The molecule has 0 aliphatic carbocycles. The fourth-order valence-electron chi connectivity index (χ4n) is 3.21. The van der Waals surface area contributed by atoms with Crippen molar-refractivity contribution in [1.29, 1.82) is 0 Å². The summed E-state index contributed by atoms with van der Waals surface area (Å²) >= 11 is 0. The van der Waals surface area contributed by atoms with Gasteiger partial charge in [0, 0.05) is 7.11 Å². The first kappa shape index (κ1) is 23.8. The van der Waals surface area contributed by atoms with E-state index in [9.17, 15) is 14.0 Å². The Morgan fingerprint density at radius 2 is 1.44 bits per heavy atom. The van der Waals surface area contributed by atoms with Gasteiger partial charge in [0.2, 0.25) is 6.36 Å². The van der Waals surface area contributed by atoms with E-state index in [-0.39, 0.29) is 19.8 Å². The van der Waals surface area contributed by atoms with Crippen LogP contribution in [0.1, 0.15) is 31.8 Å². The van der Waals surface area contributed by atoms with Crippen molar-refractivity contribution in [1.82, 2.24) is 0 Å². The predicted octanol–water partition coefficient (Wildman–Crippen LogP) is 3.41. The first-order valence-corrected chi connectivity index (χ1v) is 10.3. The number of hydrogen-bond acceptors (Lipinski definition) is 7. The standard InChI is InChI=1S/C24H27FO7/c1-15-4-8-17(9-5-15)23(26)30-14-19-20(21(22(25)31-19)29-13-12-28-3)32-24(27)18-10-6-16(2)7-11-18/h4-11,19-22H,12-14H2,1-3H3/t19-,20-,21-,22?/m1/s1. The molecule has 0 amide bonds. The number of alkyl halides is 1. The molecule has 1 aliphatic heterocycles. The molecule has 0 aromatic heterocycles. The molecule has 0 radical (unpaired) electrons. The Bertz CT molecular complexity index is 898. The second kappa shape index (κ2) is 11.2. The number of carbonyl (C=O) groups excluding carboxylic acids is 2. The molecule has 0 bridgehead atoms. The summed E-state index contributed by atoms with van der Waals surface area (Å²) < 4.78 is 41.2. The molecule has 7 nitrogen and oxygen atoms in total. The first-order chi connectivity index (χ1) is 15.4. The molecule has 3 rings (SSSR count). The Hall–Kier alpha value is -2.81. The average molecular weight is 446 g/mol. The van der Waals surface area contributed by atoms with Gasteiger partial charge < -0.3 is 23.7 Å². The summed E-state index contributed by atoms with van der Waals surface area (Å²) in [6, 6.07) is 13.6. The second-order valence-electron chi connectivity index (χ2n) is 7.55. The van der Waals surface area contributed by atoms with Crippen molar-refractivity contribution in [2.45, 2.75) is 38.5 Å². The summed E-state index contributed by atoms with van der Waals surface area (Å²) in [6.45, 7) is 3.81. The molecule has 172 valence electrons. The highest BCUT2D eigenvalue weighted by atomic mass is 19.1. The summed E-state index contributed by atoms with van der Waals surface area (Å²) in [4.78, 5) is 25.0. The fourth-order valence-corrected chi connectivity index (χ4v) is 3.21. The van der Waals surface area contributed by atoms with Gasteiger partial charge in [0.05, 0.1) is 24.3 Å². The Morgan fingerprint density at radius 1 is 0.875 bits per heavy atom. The number of rotatable bonds is 9. The zero-order valence-electron chi connectivity index (χ0n) is 18.3. The molecule has 32 heavy (non-hydrogen) atoms. The zero-order valence-corrected chi connectivity index (χ0v) is 18.3. The highest BCUT2D eigenvalue weighted by molar-refractivity contribution is 5.90. The van der Waals surface area contributed by atoms with Crippen molar-refractivity contribution in [2.75, 3.05) is 26.9 Å². The molecule has 0 N–H and O–H groups in total. The van der Waals surface area contributed by atoms with Crippen LogP contribution in [0.4, 0.5) is 4.39 Å². The van der Waals surface area contributed by atoms with Gasteiger partial charge in [-0.25, -0.2) is 14.0 Å². The van der Waals surface area contributed by atoms with Crippen LogP contribution < -0.4 is 0 Å². The third-order valence-electron chi connectivity index (χ3n) is 5.05. The monoisotopic (exact) mass is 446 g/mol. The second-order valence-corrected chi connectivity index (χ2v) is 7.55. The lowest BCUT2D eigenvalue weighted by Gasteiger charge is -2.23. The highest BCUT2D eigenvalue weighted by Gasteiger charge is 2.49. The van der Waals surface area contributed by atoms with Crippen LogP contribution in [0.2, 0.25) is 0 Å². The van der Waals surface area contributed by atoms with Gasteiger partial charge >= 0.3 is 11.9 Å². The maximum Gasteiger partial charge on any atom is 0.338 e. The van der Waals surface area contributed by atoms with Crippen molar-refractivity contribution in [3.63, 3.8) is 0 Å². The van der Waals surface area contributed by atoms with E-state index < -0.39 is 36.6 Å². The molecule has 1 aliphatic rings. The summed E-state index contributed by atoms with van der Waals surface area (Å²) in [7, 11) is 1.49. The number of methoxy groups -OCH3 is 1. The number of esters is 2. The van der Waals surface area contributed by atoms with E-state index in [1.54, 1.807) is 48.5 Å². The van der Waals surface area contributed by atoms with E-state index in [0.29, 0.717) is 11.1 Å². The van der Waals surface area contributed by atoms with Crippen molar-refractivity contribution in [2.24, 2.45) is 0 Å². The van der Waals surface area contributed by atoms with Gasteiger partial charge in [-0.05, 0) is 38.1 Å². The molecule has 2 aromatic rings. The van der Waals surface area contributed by atoms with Gasteiger partial charge in [-0.1, -0.05) is 35.4 Å². The van der Waals surface area contributed by atoms with Crippen molar-refractivity contribution >= 4 is 11.9 Å². The van der Waals surface area contributed by atoms with Gasteiger partial charge in [0.1, 0.15) is 12.7 Å². The summed E-state index contributed by atoms with van der Waals surface area (Å²) in [5, 5.41) is 0. The first-order valence-electron chi connectivity index (χ1n) is 10.3. The Labute approximate surface area is 186 Å². The molecular weight excluding hydrogens is 419 g/mol. The van der Waals surface area contributed by atoms with Gasteiger partial charge in [-0.2, -0.15) is 0 Å². The third-order valence-corrected chi connectivity index (χ3v) is 5.05. The van der Waals surface area contributed by atoms with Gasteiger partial charge in [0.15, 0.2) is 12.2 Å². The van der Waals surface area contributed by atoms with Crippen LogP contribution in [0.15, 0.2) is 48.5 Å². The van der Waals surface area contributed by atoms with E-state index in [1.165, 1.54) is 7.11 Å². The Balaban J connectivity index is 1.70. The highest BCUT2D eigenvalue weighted by Crippen LogP contribution is 2.29. The molecule has 1 saturated heterocycles. The molecule has 1 heterocycles. The molecule has 2 aromatic carbocycles. The van der Waals surface area contributed by atoms with E-state index in [1.807, 2.05) is 13.8 Å². The van der Waals surface area contributed by atoms with Gasteiger partial charge in [0.25, 0.3) is 0 Å². The van der Waals surface area contributed by atoms with Crippen LogP contribution in [-0.4, -0.2) is 63.5 Å². The number of ether oxygens (including phenoxy) is 5. The topological polar surface area (TPSA) is 80.3 Å². The van der Waals surface area contributed by atoms with E-state index in [4.69, 9.17) is 23.7 Å². The summed E-state index contributed by atoms with van der Waals surface area (Å²) in [5.74, 6) is -1.24. The molecule has 4 atom stereocenters. The summed E-state index contributed by atoms with van der Waals surface area (Å²) in [6.07, 6.45) is -5.17. The van der Waals surface area contributed by atoms with Crippen molar-refractivity contribution < 1.29 is 37.7 Å². The van der Waals surface area contributed by atoms with Gasteiger partial charge in [-0.3, -0.25) is 0 Å². The molecule has 0 spiro atoms. The lowest BCUT2D eigenvalue weighted by molar-refractivity contribution is -0.106. The normalized spacial score (nSPS) is 22.5. The number of carbonyl (C=O) groups is 2. The molecular formula is C24H27FO7. The van der Waals surface area contributed by atoms with E-state index in [2.05, 4.69) is 0 Å². The van der Waals surface area contributed by atoms with Crippen LogP contribution in [0.5, 0.6) is 0 Å². The lowest BCUT2D eigenvalue weighted by atomic mass is 10.1. The Kier molecular flexibility index (Phi) is 8.33. The van der Waals surface area contributed by atoms with E-state index >= 15 is 0 Å². The largest absolute Gasteiger partial charge is 0.459 e. The smallest absolute Gasteiger partial charge is 0.338 e. The number of halogens is 1. The number of benzene rings is 2. The maximum atomic E-state index is 14.6. The SMILES string of the molecule is COCCO[C@H]1C(F)O[C@H](COC(=O)c2ccc(C)cc2)[C@H]1OC(=O)c1ccc(C)cc1. The van der Waals surface area contributed by atoms with Crippen LogP contribution in [-0.2, 0) is 23.7 Å².